The maximum Gasteiger partial charge on any atom is 0.324 e. The minimum atomic E-state index is -0.738. The van der Waals surface area contributed by atoms with Gasteiger partial charge in [-0.3, -0.25) is 9.69 Å². The average molecular weight is 144 g/mol. The van der Waals surface area contributed by atoms with Crippen LogP contribution in [0.25, 0.3) is 0 Å². The molecule has 1 heterocycles. The van der Waals surface area contributed by atoms with Crippen molar-refractivity contribution < 1.29 is 14.7 Å². The molecule has 0 aromatic heterocycles. The molecule has 0 saturated carbocycles. The minimum absolute atomic E-state index is 0.338. The molecule has 10 heavy (non-hydrogen) atoms. The number of aliphatic hydroxyl groups excluding tert-OH is 1. The van der Waals surface area contributed by atoms with Gasteiger partial charge in [0.15, 0.2) is 0 Å². The van der Waals surface area contributed by atoms with Gasteiger partial charge in [0, 0.05) is 7.05 Å². The number of urea groups is 1. The van der Waals surface area contributed by atoms with E-state index in [0.717, 1.165) is 4.90 Å². The second-order valence-corrected chi connectivity index (χ2v) is 2.08. The first-order valence-electron chi connectivity index (χ1n) is 2.85. The fourth-order valence-corrected chi connectivity index (χ4v) is 0.765. The van der Waals surface area contributed by atoms with E-state index < -0.39 is 12.1 Å². The molecule has 56 valence electrons. The summed E-state index contributed by atoms with van der Waals surface area (Å²) in [5.74, 6) is -0.382. The molecular formula is C5H8N2O3. The number of nitrogens with zero attached hydrogens (tertiary/aromatic N) is 1. The molecule has 1 saturated heterocycles. The summed E-state index contributed by atoms with van der Waals surface area (Å²) >= 11 is 0. The van der Waals surface area contributed by atoms with Crippen LogP contribution in [-0.2, 0) is 4.79 Å². The number of imide groups is 1. The molecule has 2 N–H and O–H groups in total. The van der Waals surface area contributed by atoms with E-state index in [-0.39, 0.29) is 12.5 Å². The highest BCUT2D eigenvalue weighted by Crippen LogP contribution is 2.01. The van der Waals surface area contributed by atoms with Crippen molar-refractivity contribution in [1.29, 1.82) is 0 Å². The maximum absolute atomic E-state index is 10.8. The van der Waals surface area contributed by atoms with E-state index in [2.05, 4.69) is 5.32 Å². The number of carbonyl (C=O) groups is 2. The van der Waals surface area contributed by atoms with Crippen LogP contribution >= 0.6 is 0 Å². The van der Waals surface area contributed by atoms with Gasteiger partial charge in [-0.15, -0.1) is 0 Å². The number of hydrogen-bond donors (Lipinski definition) is 2. The van der Waals surface area contributed by atoms with Crippen molar-refractivity contribution in [2.75, 3.05) is 13.7 Å². The minimum Gasteiger partial charge on any atom is -0.394 e. The Morgan fingerprint density at radius 2 is 2.30 bits per heavy atom. The molecule has 0 radical (unpaired) electrons. The quantitative estimate of drug-likeness (QED) is 0.441. The second kappa shape index (κ2) is 2.26. The molecule has 5 nitrogen and oxygen atoms in total. The predicted molar refractivity (Wildman–Crippen MR) is 32.2 cm³/mol. The van der Waals surface area contributed by atoms with Crippen LogP contribution in [0.5, 0.6) is 0 Å². The van der Waals surface area contributed by atoms with E-state index in [1.807, 2.05) is 0 Å². The molecule has 1 aliphatic rings. The van der Waals surface area contributed by atoms with Gasteiger partial charge in [0.1, 0.15) is 6.04 Å². The largest absolute Gasteiger partial charge is 0.394 e. The molecule has 0 spiro atoms. The lowest BCUT2D eigenvalue weighted by molar-refractivity contribution is -0.127. The highest BCUT2D eigenvalue weighted by atomic mass is 16.3. The average Bonchev–Trinajstić information content (AvgIpc) is 2.17. The lowest BCUT2D eigenvalue weighted by atomic mass is 10.3. The summed E-state index contributed by atoms with van der Waals surface area (Å²) in [4.78, 5) is 22.4. The maximum atomic E-state index is 10.8. The fraction of sp³-hybridized carbons (Fsp3) is 0.600. The van der Waals surface area contributed by atoms with E-state index in [0.29, 0.717) is 0 Å². The molecule has 1 aliphatic heterocycles. The summed E-state index contributed by atoms with van der Waals surface area (Å²) in [6.07, 6.45) is 0. The standard InChI is InChI=1S/C5H8N2O3/c1-7-4(9)3(2-8)6-5(7)10/h3,8H,2H2,1H3,(H,6,10). The number of carbonyl (C=O) groups excluding carboxylic acids is 2. The van der Waals surface area contributed by atoms with Crippen LogP contribution in [0.3, 0.4) is 0 Å². The first-order valence-corrected chi connectivity index (χ1v) is 2.85. The van der Waals surface area contributed by atoms with Crippen LogP contribution in [0.15, 0.2) is 0 Å². The Labute approximate surface area is 57.6 Å². The summed E-state index contributed by atoms with van der Waals surface area (Å²) in [5.41, 5.74) is 0. The van der Waals surface area contributed by atoms with Gasteiger partial charge < -0.3 is 10.4 Å². The van der Waals surface area contributed by atoms with Crippen LogP contribution in [0.4, 0.5) is 4.79 Å². The van der Waals surface area contributed by atoms with Crippen LogP contribution in [0, 0.1) is 0 Å². The number of likely N-dealkylation sites (N-methyl/N-ethyl adjacent to an activating group) is 1. The Hall–Kier alpha value is -1.10. The first kappa shape index (κ1) is 7.01. The molecular weight excluding hydrogens is 136 g/mol. The Balaban J connectivity index is 2.71. The normalized spacial score (nSPS) is 25.4. The highest BCUT2D eigenvalue weighted by molar-refractivity contribution is 6.03. The van der Waals surface area contributed by atoms with Crippen molar-refractivity contribution in [3.63, 3.8) is 0 Å². The van der Waals surface area contributed by atoms with Gasteiger partial charge in [0.05, 0.1) is 6.61 Å². The fourth-order valence-electron chi connectivity index (χ4n) is 0.765. The molecule has 5 heteroatoms. The summed E-state index contributed by atoms with van der Waals surface area (Å²) < 4.78 is 0. The second-order valence-electron chi connectivity index (χ2n) is 2.08. The molecule has 1 unspecified atom stereocenters. The van der Waals surface area contributed by atoms with Crippen molar-refractivity contribution in [2.24, 2.45) is 0 Å². The number of amides is 3. The molecule has 1 fully saturated rings. The van der Waals surface area contributed by atoms with E-state index in [1.165, 1.54) is 7.05 Å². The number of nitrogens with one attached hydrogen (secondary N) is 1. The van der Waals surface area contributed by atoms with E-state index >= 15 is 0 Å². The van der Waals surface area contributed by atoms with E-state index in [4.69, 9.17) is 5.11 Å². The third-order valence-corrected chi connectivity index (χ3v) is 1.41. The molecule has 0 aromatic rings. The first-order chi connectivity index (χ1) is 4.66. The van der Waals surface area contributed by atoms with Crippen LogP contribution in [-0.4, -0.2) is 41.6 Å². The molecule has 0 aliphatic carbocycles. The zero-order valence-electron chi connectivity index (χ0n) is 5.50. The van der Waals surface area contributed by atoms with Crippen LogP contribution in [0.1, 0.15) is 0 Å². The van der Waals surface area contributed by atoms with E-state index in [9.17, 15) is 9.59 Å². The molecule has 0 aromatic carbocycles. The Kier molecular flexibility index (Phi) is 1.58. The molecule has 0 bridgehead atoms. The van der Waals surface area contributed by atoms with Gasteiger partial charge in [0.2, 0.25) is 0 Å². The van der Waals surface area contributed by atoms with Crippen molar-refractivity contribution in [3.05, 3.63) is 0 Å². The SMILES string of the molecule is CN1C(=O)NC(CO)C1=O. The van der Waals surface area contributed by atoms with Crippen LogP contribution in [0.2, 0.25) is 0 Å². The summed E-state index contributed by atoms with van der Waals surface area (Å²) in [6, 6.07) is -1.19. The lowest BCUT2D eigenvalue weighted by Gasteiger charge is -2.02. The van der Waals surface area contributed by atoms with Gasteiger partial charge in [-0.25, -0.2) is 4.79 Å². The smallest absolute Gasteiger partial charge is 0.324 e. The van der Waals surface area contributed by atoms with Crippen molar-refractivity contribution in [2.45, 2.75) is 6.04 Å². The molecule has 1 atom stereocenters. The number of rotatable bonds is 1. The Morgan fingerprint density at radius 3 is 2.50 bits per heavy atom. The third-order valence-electron chi connectivity index (χ3n) is 1.41. The summed E-state index contributed by atoms with van der Waals surface area (Å²) in [6.45, 7) is -0.338. The monoisotopic (exact) mass is 144 g/mol. The van der Waals surface area contributed by atoms with Gasteiger partial charge in [-0.05, 0) is 0 Å². The van der Waals surface area contributed by atoms with Crippen molar-refractivity contribution in [1.82, 2.24) is 10.2 Å². The summed E-state index contributed by atoms with van der Waals surface area (Å²) in [7, 11) is 1.37. The molecule has 1 rings (SSSR count). The van der Waals surface area contributed by atoms with Gasteiger partial charge in [0.25, 0.3) is 5.91 Å². The predicted octanol–water partition coefficient (Wildman–Crippen LogP) is -1.47. The van der Waals surface area contributed by atoms with Crippen molar-refractivity contribution >= 4 is 11.9 Å². The highest BCUT2D eigenvalue weighted by Gasteiger charge is 2.34. The number of aliphatic hydroxyl groups is 1. The summed E-state index contributed by atoms with van der Waals surface area (Å²) in [5, 5.41) is 10.8. The number of hydrogen-bond acceptors (Lipinski definition) is 3. The van der Waals surface area contributed by atoms with Gasteiger partial charge >= 0.3 is 6.03 Å². The van der Waals surface area contributed by atoms with Crippen LogP contribution < -0.4 is 5.32 Å². The zero-order valence-corrected chi connectivity index (χ0v) is 5.50. The van der Waals surface area contributed by atoms with E-state index in [1.54, 1.807) is 0 Å². The lowest BCUT2D eigenvalue weighted by Crippen LogP contribution is -2.32. The topological polar surface area (TPSA) is 69.6 Å². The van der Waals surface area contributed by atoms with Crippen molar-refractivity contribution in [3.8, 4) is 0 Å². The Bertz CT molecular complexity index is 180. The third kappa shape index (κ3) is 0.841. The Morgan fingerprint density at radius 1 is 1.70 bits per heavy atom. The van der Waals surface area contributed by atoms with Gasteiger partial charge in [-0.2, -0.15) is 0 Å². The molecule has 3 amide bonds. The van der Waals surface area contributed by atoms with Gasteiger partial charge in [-0.1, -0.05) is 0 Å². The zero-order chi connectivity index (χ0) is 7.72.